The van der Waals surface area contributed by atoms with Gasteiger partial charge in [0, 0.05) is 11.8 Å². The molecule has 4 heteroatoms. The Balaban J connectivity index is 2.41. The van der Waals surface area contributed by atoms with Crippen LogP contribution in [0, 0.1) is 0 Å². The lowest BCUT2D eigenvalue weighted by atomic mass is 9.90. The molecule has 0 radical (unpaired) electrons. The Labute approximate surface area is 94.8 Å². The molecule has 82 valence electrons. The molecule has 0 aliphatic carbocycles. The molecule has 1 atom stereocenters. The van der Waals surface area contributed by atoms with Crippen molar-refractivity contribution in [2.45, 2.75) is 17.4 Å². The summed E-state index contributed by atoms with van der Waals surface area (Å²) in [5.41, 5.74) is 0.278. The summed E-state index contributed by atoms with van der Waals surface area (Å²) < 4.78 is 26.0. The highest BCUT2D eigenvalue weighted by Gasteiger charge is 2.48. The van der Waals surface area contributed by atoms with E-state index in [9.17, 15) is 8.42 Å². The van der Waals surface area contributed by atoms with Gasteiger partial charge in [-0.3, -0.25) is 4.31 Å². The van der Waals surface area contributed by atoms with E-state index in [1.165, 1.54) is 4.31 Å². The average molecular weight is 233 g/mol. The van der Waals surface area contributed by atoms with Crippen LogP contribution in [-0.4, -0.2) is 12.7 Å². The molecule has 1 aromatic rings. The number of benzene rings is 1. The zero-order valence-corrected chi connectivity index (χ0v) is 9.61. The fourth-order valence-electron chi connectivity index (χ4n) is 2.35. The van der Waals surface area contributed by atoms with Crippen LogP contribution in [0.1, 0.15) is 12.5 Å². The number of hydrogen-bond donors (Lipinski definition) is 0. The SMILES string of the molecule is CC12C=CC=CN1S(=O)(=O)c1ccccc12. The minimum Gasteiger partial charge on any atom is -0.259 e. The van der Waals surface area contributed by atoms with Crippen molar-refractivity contribution in [3.8, 4) is 0 Å². The fourth-order valence-corrected chi connectivity index (χ4v) is 4.26. The van der Waals surface area contributed by atoms with Crippen molar-refractivity contribution in [1.82, 2.24) is 4.31 Å². The molecule has 1 unspecified atom stereocenters. The molecule has 2 heterocycles. The minimum absolute atomic E-state index is 0.411. The second-order valence-corrected chi connectivity index (χ2v) is 5.93. The molecule has 2 aliphatic heterocycles. The van der Waals surface area contributed by atoms with Crippen molar-refractivity contribution >= 4 is 10.0 Å². The van der Waals surface area contributed by atoms with Crippen LogP contribution in [0.25, 0.3) is 0 Å². The first kappa shape index (κ1) is 9.66. The van der Waals surface area contributed by atoms with E-state index in [2.05, 4.69) is 0 Å². The quantitative estimate of drug-likeness (QED) is 0.687. The molecule has 16 heavy (non-hydrogen) atoms. The molecule has 0 saturated carbocycles. The van der Waals surface area contributed by atoms with Gasteiger partial charge in [-0.15, -0.1) is 0 Å². The predicted octanol–water partition coefficient (Wildman–Crippen LogP) is 1.99. The minimum atomic E-state index is -3.37. The van der Waals surface area contributed by atoms with Crippen molar-refractivity contribution in [3.05, 3.63) is 54.3 Å². The molecule has 0 amide bonds. The Morgan fingerprint density at radius 2 is 1.94 bits per heavy atom. The number of hydrogen-bond acceptors (Lipinski definition) is 2. The topological polar surface area (TPSA) is 37.4 Å². The van der Waals surface area contributed by atoms with Gasteiger partial charge in [-0.05, 0) is 19.1 Å². The molecule has 0 N–H and O–H groups in total. The number of nitrogens with zero attached hydrogens (tertiary/aromatic N) is 1. The number of sulfonamides is 1. The second kappa shape index (κ2) is 2.77. The number of rotatable bonds is 0. The van der Waals surface area contributed by atoms with Crippen LogP contribution in [0.2, 0.25) is 0 Å². The van der Waals surface area contributed by atoms with E-state index >= 15 is 0 Å². The van der Waals surface area contributed by atoms with Crippen LogP contribution >= 0.6 is 0 Å². The van der Waals surface area contributed by atoms with Gasteiger partial charge in [0.1, 0.15) is 0 Å². The van der Waals surface area contributed by atoms with Gasteiger partial charge in [-0.1, -0.05) is 30.4 Å². The highest BCUT2D eigenvalue weighted by Crippen LogP contribution is 2.46. The lowest BCUT2D eigenvalue weighted by molar-refractivity contribution is 0.353. The summed E-state index contributed by atoms with van der Waals surface area (Å²) in [4.78, 5) is 0.411. The van der Waals surface area contributed by atoms with Crippen LogP contribution < -0.4 is 0 Å². The third-order valence-electron chi connectivity index (χ3n) is 3.18. The Hall–Kier alpha value is -1.55. The first-order valence-corrected chi connectivity index (χ1v) is 6.51. The fraction of sp³-hybridized carbons (Fsp3) is 0.167. The monoisotopic (exact) mass is 233 g/mol. The zero-order valence-electron chi connectivity index (χ0n) is 8.79. The molecule has 2 aliphatic rings. The molecule has 3 rings (SSSR count). The van der Waals surface area contributed by atoms with Gasteiger partial charge in [-0.2, -0.15) is 0 Å². The van der Waals surface area contributed by atoms with E-state index in [0.29, 0.717) is 4.90 Å². The summed E-state index contributed by atoms with van der Waals surface area (Å²) >= 11 is 0. The maximum absolute atomic E-state index is 12.3. The maximum atomic E-state index is 12.3. The molecule has 0 spiro atoms. The molecular formula is C12H11NO2S. The number of fused-ring (bicyclic) bond motifs is 3. The van der Waals surface area contributed by atoms with E-state index in [-0.39, 0.29) is 0 Å². The van der Waals surface area contributed by atoms with E-state index in [1.807, 2.05) is 31.2 Å². The maximum Gasteiger partial charge on any atom is 0.265 e. The van der Waals surface area contributed by atoms with Gasteiger partial charge in [0.15, 0.2) is 0 Å². The molecule has 0 saturated heterocycles. The molecule has 0 aromatic heterocycles. The summed E-state index contributed by atoms with van der Waals surface area (Å²) in [6.45, 7) is 1.91. The van der Waals surface area contributed by atoms with Crippen LogP contribution in [0.3, 0.4) is 0 Å². The zero-order chi connectivity index (χ0) is 11.4. The van der Waals surface area contributed by atoms with Gasteiger partial charge in [0.05, 0.1) is 10.4 Å². The van der Waals surface area contributed by atoms with E-state index in [1.54, 1.807) is 24.4 Å². The summed E-state index contributed by atoms with van der Waals surface area (Å²) in [6.07, 6.45) is 7.16. The molecule has 0 bridgehead atoms. The Morgan fingerprint density at radius 3 is 2.75 bits per heavy atom. The van der Waals surface area contributed by atoms with Gasteiger partial charge in [-0.25, -0.2) is 8.42 Å². The summed E-state index contributed by atoms with van der Waals surface area (Å²) in [5.74, 6) is 0. The van der Waals surface area contributed by atoms with Crippen molar-refractivity contribution in [2.24, 2.45) is 0 Å². The molecule has 3 nitrogen and oxygen atoms in total. The summed E-state index contributed by atoms with van der Waals surface area (Å²) in [5, 5.41) is 0. The highest BCUT2D eigenvalue weighted by atomic mass is 32.2. The third kappa shape index (κ3) is 0.950. The first-order chi connectivity index (χ1) is 7.57. The Kier molecular flexibility index (Phi) is 1.67. The first-order valence-electron chi connectivity index (χ1n) is 5.07. The van der Waals surface area contributed by atoms with Crippen molar-refractivity contribution in [3.63, 3.8) is 0 Å². The molecule has 1 aromatic carbocycles. The number of allylic oxidation sites excluding steroid dienone is 2. The van der Waals surface area contributed by atoms with Crippen LogP contribution in [-0.2, 0) is 15.6 Å². The Bertz CT molecular complexity index is 616. The van der Waals surface area contributed by atoms with Crippen molar-refractivity contribution < 1.29 is 8.42 Å². The van der Waals surface area contributed by atoms with Gasteiger partial charge >= 0.3 is 0 Å². The highest BCUT2D eigenvalue weighted by molar-refractivity contribution is 7.89. The van der Waals surface area contributed by atoms with Gasteiger partial charge in [0.25, 0.3) is 10.0 Å². The van der Waals surface area contributed by atoms with Crippen molar-refractivity contribution in [2.75, 3.05) is 0 Å². The van der Waals surface area contributed by atoms with E-state index < -0.39 is 15.6 Å². The standard InChI is InChI=1S/C12H11NO2S/c1-12-8-4-5-9-13(12)16(14,15)11-7-3-2-6-10(11)12/h2-9H,1H3. The normalized spacial score (nSPS) is 28.9. The van der Waals surface area contributed by atoms with Crippen LogP contribution in [0.5, 0.6) is 0 Å². The van der Waals surface area contributed by atoms with Crippen LogP contribution in [0.4, 0.5) is 0 Å². The Morgan fingerprint density at radius 1 is 1.19 bits per heavy atom. The molecule has 0 fully saturated rings. The predicted molar refractivity (Wildman–Crippen MR) is 61.1 cm³/mol. The average Bonchev–Trinajstić information content (AvgIpc) is 2.46. The van der Waals surface area contributed by atoms with E-state index in [4.69, 9.17) is 0 Å². The smallest absolute Gasteiger partial charge is 0.259 e. The van der Waals surface area contributed by atoms with Crippen molar-refractivity contribution in [1.29, 1.82) is 0 Å². The van der Waals surface area contributed by atoms with Gasteiger partial charge in [0.2, 0.25) is 0 Å². The third-order valence-corrected chi connectivity index (χ3v) is 5.11. The lowest BCUT2D eigenvalue weighted by Gasteiger charge is -2.32. The van der Waals surface area contributed by atoms with Gasteiger partial charge < -0.3 is 0 Å². The van der Waals surface area contributed by atoms with Crippen LogP contribution in [0.15, 0.2) is 53.6 Å². The lowest BCUT2D eigenvalue weighted by Crippen LogP contribution is -2.36. The summed E-state index contributed by atoms with van der Waals surface area (Å²) in [6, 6.07) is 7.16. The van der Waals surface area contributed by atoms with E-state index in [0.717, 1.165) is 5.56 Å². The largest absolute Gasteiger partial charge is 0.265 e. The second-order valence-electron chi connectivity index (χ2n) is 4.15. The molecular weight excluding hydrogens is 222 g/mol. The summed E-state index contributed by atoms with van der Waals surface area (Å²) in [7, 11) is -3.37.